The third-order valence-corrected chi connectivity index (χ3v) is 1.55. The normalized spacial score (nSPS) is 12.8. The molecule has 1 rings (SSSR count). The molecule has 0 aliphatic heterocycles. The number of hydrogen-bond donors (Lipinski definition) is 2. The number of nitrogens with two attached hydrogens (primary N) is 1. The second-order valence-corrected chi connectivity index (χ2v) is 2.45. The number of nitrogens with zero attached hydrogens (tertiary/aromatic N) is 1. The monoisotopic (exact) mass is 168 g/mol. The quantitative estimate of drug-likeness (QED) is 0.683. The Balaban J connectivity index is 2.79. The van der Waals surface area contributed by atoms with E-state index in [1.165, 1.54) is 7.11 Å². The van der Waals surface area contributed by atoms with Crippen LogP contribution in [0.3, 0.4) is 0 Å². The summed E-state index contributed by atoms with van der Waals surface area (Å²) in [5.74, 6) is 0.349. The minimum Gasteiger partial charge on any atom is -0.386 e. The first-order valence-electron chi connectivity index (χ1n) is 3.63. The average Bonchev–Trinajstić information content (AvgIpc) is 2.05. The number of hydrogen-bond acceptors (Lipinski definition) is 4. The number of nitrogen functional groups attached to an aromatic ring is 1. The van der Waals surface area contributed by atoms with Crippen LogP contribution in [-0.4, -0.2) is 23.8 Å². The molecule has 0 spiro atoms. The van der Waals surface area contributed by atoms with Gasteiger partial charge in [0.25, 0.3) is 0 Å². The van der Waals surface area contributed by atoms with Crippen LogP contribution in [0.1, 0.15) is 11.7 Å². The Morgan fingerprint density at radius 2 is 2.50 bits per heavy atom. The molecule has 66 valence electrons. The minimum absolute atomic E-state index is 0.232. The summed E-state index contributed by atoms with van der Waals surface area (Å²) in [6.45, 7) is 0.232. The van der Waals surface area contributed by atoms with E-state index in [2.05, 4.69) is 4.98 Å². The van der Waals surface area contributed by atoms with Crippen LogP contribution in [0.25, 0.3) is 0 Å². The van der Waals surface area contributed by atoms with Crippen LogP contribution < -0.4 is 5.73 Å². The topological polar surface area (TPSA) is 68.4 Å². The van der Waals surface area contributed by atoms with Gasteiger partial charge >= 0.3 is 0 Å². The lowest BCUT2D eigenvalue weighted by Gasteiger charge is -2.10. The van der Waals surface area contributed by atoms with Gasteiger partial charge in [-0.1, -0.05) is 6.07 Å². The van der Waals surface area contributed by atoms with Gasteiger partial charge in [0.15, 0.2) is 0 Å². The largest absolute Gasteiger partial charge is 0.386 e. The molecule has 1 heterocycles. The van der Waals surface area contributed by atoms with Crippen LogP contribution in [0.15, 0.2) is 18.3 Å². The fourth-order valence-corrected chi connectivity index (χ4v) is 0.959. The van der Waals surface area contributed by atoms with Crippen molar-refractivity contribution in [2.45, 2.75) is 6.10 Å². The minimum atomic E-state index is -0.691. The third-order valence-electron chi connectivity index (χ3n) is 1.55. The Morgan fingerprint density at radius 3 is 3.08 bits per heavy atom. The van der Waals surface area contributed by atoms with E-state index >= 15 is 0 Å². The van der Waals surface area contributed by atoms with Crippen LogP contribution in [0.5, 0.6) is 0 Å². The molecular formula is C8H12N2O2. The molecule has 12 heavy (non-hydrogen) atoms. The fourth-order valence-electron chi connectivity index (χ4n) is 0.959. The molecule has 0 aliphatic carbocycles. The Labute approximate surface area is 71.0 Å². The number of pyridine rings is 1. The van der Waals surface area contributed by atoms with Crippen molar-refractivity contribution < 1.29 is 9.84 Å². The number of anilines is 1. The SMILES string of the molecule is COCC(O)c1cccnc1N. The highest BCUT2D eigenvalue weighted by Gasteiger charge is 2.09. The molecule has 0 radical (unpaired) electrons. The molecular weight excluding hydrogens is 156 g/mol. The lowest BCUT2D eigenvalue weighted by atomic mass is 10.1. The lowest BCUT2D eigenvalue weighted by molar-refractivity contribution is 0.0647. The van der Waals surface area contributed by atoms with E-state index in [1.54, 1.807) is 18.3 Å². The van der Waals surface area contributed by atoms with Gasteiger partial charge in [-0.15, -0.1) is 0 Å². The maximum Gasteiger partial charge on any atom is 0.129 e. The number of methoxy groups -OCH3 is 1. The van der Waals surface area contributed by atoms with Gasteiger partial charge in [0.1, 0.15) is 11.9 Å². The molecule has 1 unspecified atom stereocenters. The highest BCUT2D eigenvalue weighted by atomic mass is 16.5. The number of ether oxygens (including phenoxy) is 1. The number of rotatable bonds is 3. The van der Waals surface area contributed by atoms with Crippen molar-refractivity contribution in [3.63, 3.8) is 0 Å². The first-order chi connectivity index (χ1) is 5.75. The second-order valence-electron chi connectivity index (χ2n) is 2.45. The molecule has 4 heteroatoms. The first-order valence-corrected chi connectivity index (χ1v) is 3.63. The third kappa shape index (κ3) is 1.93. The first kappa shape index (κ1) is 8.96. The summed E-state index contributed by atoms with van der Waals surface area (Å²) in [4.78, 5) is 3.84. The molecule has 3 N–H and O–H groups in total. The van der Waals surface area contributed by atoms with Gasteiger partial charge in [0.05, 0.1) is 6.61 Å². The van der Waals surface area contributed by atoms with E-state index in [-0.39, 0.29) is 6.61 Å². The van der Waals surface area contributed by atoms with Crippen molar-refractivity contribution in [2.24, 2.45) is 0 Å². The summed E-state index contributed by atoms with van der Waals surface area (Å²) in [5.41, 5.74) is 6.14. The van der Waals surface area contributed by atoms with Gasteiger partial charge in [-0.2, -0.15) is 0 Å². The summed E-state index contributed by atoms with van der Waals surface area (Å²) in [7, 11) is 1.52. The van der Waals surface area contributed by atoms with Crippen LogP contribution >= 0.6 is 0 Å². The zero-order chi connectivity index (χ0) is 8.97. The highest BCUT2D eigenvalue weighted by Crippen LogP contribution is 2.17. The van der Waals surface area contributed by atoms with E-state index in [0.717, 1.165) is 0 Å². The standard InChI is InChI=1S/C8H12N2O2/c1-12-5-7(11)6-3-2-4-10-8(6)9/h2-4,7,11H,5H2,1H3,(H2,9,10). The predicted octanol–water partition coefficient (Wildman–Crippen LogP) is 0.344. The number of aromatic nitrogens is 1. The lowest BCUT2D eigenvalue weighted by Crippen LogP contribution is -2.08. The van der Waals surface area contributed by atoms with Crippen molar-refractivity contribution in [1.82, 2.24) is 4.98 Å². The molecule has 0 saturated carbocycles. The molecule has 0 aliphatic rings. The van der Waals surface area contributed by atoms with Crippen molar-refractivity contribution in [2.75, 3.05) is 19.5 Å². The zero-order valence-electron chi connectivity index (χ0n) is 6.90. The highest BCUT2D eigenvalue weighted by molar-refractivity contribution is 5.39. The van der Waals surface area contributed by atoms with E-state index in [0.29, 0.717) is 11.4 Å². The van der Waals surface area contributed by atoms with Crippen LogP contribution in [0.4, 0.5) is 5.82 Å². The van der Waals surface area contributed by atoms with Crippen molar-refractivity contribution in [3.8, 4) is 0 Å². The van der Waals surface area contributed by atoms with E-state index in [1.807, 2.05) is 0 Å². The molecule has 0 saturated heterocycles. The van der Waals surface area contributed by atoms with E-state index in [4.69, 9.17) is 10.5 Å². The molecule has 0 bridgehead atoms. The van der Waals surface area contributed by atoms with Crippen molar-refractivity contribution >= 4 is 5.82 Å². The Hall–Kier alpha value is -1.13. The van der Waals surface area contributed by atoms with Crippen molar-refractivity contribution in [3.05, 3.63) is 23.9 Å². The van der Waals surface area contributed by atoms with Crippen molar-refractivity contribution in [1.29, 1.82) is 0 Å². The molecule has 0 amide bonds. The summed E-state index contributed by atoms with van der Waals surface area (Å²) >= 11 is 0. The molecule has 0 aromatic carbocycles. The van der Waals surface area contributed by atoms with Gasteiger partial charge in [0, 0.05) is 18.9 Å². The zero-order valence-corrected chi connectivity index (χ0v) is 6.90. The fraction of sp³-hybridized carbons (Fsp3) is 0.375. The summed E-state index contributed by atoms with van der Waals surface area (Å²) in [5, 5.41) is 9.46. The van der Waals surface area contributed by atoms with Crippen LogP contribution in [0.2, 0.25) is 0 Å². The molecule has 1 atom stereocenters. The van der Waals surface area contributed by atoms with Gasteiger partial charge < -0.3 is 15.6 Å². The van der Waals surface area contributed by atoms with E-state index < -0.39 is 6.10 Å². The maximum absolute atomic E-state index is 9.46. The predicted molar refractivity (Wildman–Crippen MR) is 45.5 cm³/mol. The summed E-state index contributed by atoms with van der Waals surface area (Å²) in [6.07, 6.45) is 0.891. The Bertz CT molecular complexity index is 253. The molecule has 0 fully saturated rings. The molecule has 1 aromatic rings. The number of aliphatic hydroxyl groups excluding tert-OH is 1. The van der Waals surface area contributed by atoms with Gasteiger partial charge in [0.2, 0.25) is 0 Å². The van der Waals surface area contributed by atoms with Crippen LogP contribution in [-0.2, 0) is 4.74 Å². The van der Waals surface area contributed by atoms with Gasteiger partial charge in [-0.3, -0.25) is 0 Å². The smallest absolute Gasteiger partial charge is 0.129 e. The average molecular weight is 168 g/mol. The summed E-state index contributed by atoms with van der Waals surface area (Å²) < 4.78 is 4.78. The van der Waals surface area contributed by atoms with Gasteiger partial charge in [-0.05, 0) is 6.07 Å². The molecule has 4 nitrogen and oxygen atoms in total. The Morgan fingerprint density at radius 1 is 1.75 bits per heavy atom. The second kappa shape index (κ2) is 4.04. The maximum atomic E-state index is 9.46. The van der Waals surface area contributed by atoms with Crippen LogP contribution in [0, 0.1) is 0 Å². The van der Waals surface area contributed by atoms with E-state index in [9.17, 15) is 5.11 Å². The summed E-state index contributed by atoms with van der Waals surface area (Å²) in [6, 6.07) is 3.45. The molecule has 1 aromatic heterocycles. The van der Waals surface area contributed by atoms with Gasteiger partial charge in [-0.25, -0.2) is 4.98 Å². The Kier molecular flexibility index (Phi) is 3.01. The number of aliphatic hydroxyl groups is 1.